The van der Waals surface area contributed by atoms with E-state index in [2.05, 4.69) is 5.10 Å². The standard InChI is InChI=1S/C16H23N3O3/c1-3-22-16(20)13-10-19(18-14(13)9-17)11-15(21-2)12-7-5-4-6-8-12/h10,12,15H,3-8,11H2,1-2H3. The summed E-state index contributed by atoms with van der Waals surface area (Å²) in [5.41, 5.74) is 0.333. The van der Waals surface area contributed by atoms with Gasteiger partial charge in [-0.25, -0.2) is 4.79 Å². The Morgan fingerprint density at radius 2 is 2.23 bits per heavy atom. The van der Waals surface area contributed by atoms with Crippen molar-refractivity contribution in [2.45, 2.75) is 51.7 Å². The first-order chi connectivity index (χ1) is 10.7. The average molecular weight is 305 g/mol. The molecule has 1 saturated carbocycles. The molecule has 1 aliphatic rings. The fraction of sp³-hybridized carbons (Fsp3) is 0.688. The van der Waals surface area contributed by atoms with E-state index in [-0.39, 0.29) is 24.0 Å². The van der Waals surface area contributed by atoms with Gasteiger partial charge in [-0.3, -0.25) is 4.68 Å². The van der Waals surface area contributed by atoms with Gasteiger partial charge >= 0.3 is 5.97 Å². The van der Waals surface area contributed by atoms with Crippen molar-refractivity contribution in [1.82, 2.24) is 9.78 Å². The Kier molecular flexibility index (Phi) is 5.96. The first kappa shape index (κ1) is 16.5. The van der Waals surface area contributed by atoms with E-state index >= 15 is 0 Å². The van der Waals surface area contributed by atoms with Crippen molar-refractivity contribution in [2.75, 3.05) is 13.7 Å². The van der Waals surface area contributed by atoms with Crippen LogP contribution in [0.5, 0.6) is 0 Å². The van der Waals surface area contributed by atoms with Crippen LogP contribution in [0.1, 0.15) is 55.1 Å². The Balaban J connectivity index is 2.11. The van der Waals surface area contributed by atoms with Gasteiger partial charge in [0.25, 0.3) is 0 Å². The van der Waals surface area contributed by atoms with Crippen LogP contribution >= 0.6 is 0 Å². The van der Waals surface area contributed by atoms with Gasteiger partial charge < -0.3 is 9.47 Å². The molecule has 0 spiro atoms. The number of carbonyl (C=O) groups excluding carboxylic acids is 1. The summed E-state index contributed by atoms with van der Waals surface area (Å²) in [5.74, 6) is 0.0106. The molecule has 22 heavy (non-hydrogen) atoms. The molecule has 120 valence electrons. The van der Waals surface area contributed by atoms with Gasteiger partial charge in [0, 0.05) is 13.3 Å². The van der Waals surface area contributed by atoms with Crippen LogP contribution in [0.4, 0.5) is 0 Å². The Bertz CT molecular complexity index is 541. The van der Waals surface area contributed by atoms with Crippen LogP contribution < -0.4 is 0 Å². The van der Waals surface area contributed by atoms with Crippen LogP contribution in [0.2, 0.25) is 0 Å². The molecule has 0 aromatic carbocycles. The molecule has 1 aliphatic carbocycles. The van der Waals surface area contributed by atoms with E-state index in [1.807, 2.05) is 6.07 Å². The van der Waals surface area contributed by atoms with Crippen LogP contribution in [0, 0.1) is 17.2 Å². The Morgan fingerprint density at radius 1 is 1.50 bits per heavy atom. The van der Waals surface area contributed by atoms with Gasteiger partial charge in [-0.15, -0.1) is 0 Å². The van der Waals surface area contributed by atoms with Crippen molar-refractivity contribution in [3.05, 3.63) is 17.5 Å². The highest BCUT2D eigenvalue weighted by Crippen LogP contribution is 2.28. The van der Waals surface area contributed by atoms with Crippen LogP contribution in [0.3, 0.4) is 0 Å². The minimum Gasteiger partial charge on any atom is -0.462 e. The Morgan fingerprint density at radius 3 is 2.82 bits per heavy atom. The fourth-order valence-corrected chi connectivity index (χ4v) is 3.06. The molecule has 0 aliphatic heterocycles. The zero-order chi connectivity index (χ0) is 15.9. The number of methoxy groups -OCH3 is 1. The highest BCUT2D eigenvalue weighted by molar-refractivity contribution is 5.91. The van der Waals surface area contributed by atoms with Gasteiger partial charge in [0.2, 0.25) is 0 Å². The third-order valence-electron chi connectivity index (χ3n) is 4.21. The van der Waals surface area contributed by atoms with Gasteiger partial charge in [-0.2, -0.15) is 10.4 Å². The molecular formula is C16H23N3O3. The second-order valence-electron chi connectivity index (χ2n) is 5.62. The average Bonchev–Trinajstić information content (AvgIpc) is 2.97. The molecule has 1 aromatic rings. The van der Waals surface area contributed by atoms with E-state index < -0.39 is 5.97 Å². The van der Waals surface area contributed by atoms with Crippen LogP contribution in [-0.2, 0) is 16.0 Å². The predicted molar refractivity (Wildman–Crippen MR) is 80.3 cm³/mol. The minimum absolute atomic E-state index is 0.0572. The number of rotatable bonds is 6. The van der Waals surface area contributed by atoms with Crippen molar-refractivity contribution in [2.24, 2.45) is 5.92 Å². The molecule has 1 unspecified atom stereocenters. The van der Waals surface area contributed by atoms with Gasteiger partial charge in [-0.05, 0) is 25.7 Å². The highest BCUT2D eigenvalue weighted by atomic mass is 16.5. The van der Waals surface area contributed by atoms with E-state index in [0.717, 1.165) is 12.8 Å². The Hall–Kier alpha value is -1.87. The van der Waals surface area contributed by atoms with Crippen molar-refractivity contribution in [3.8, 4) is 6.07 Å². The molecule has 2 rings (SSSR count). The van der Waals surface area contributed by atoms with Crippen molar-refractivity contribution in [1.29, 1.82) is 5.26 Å². The number of nitriles is 1. The quantitative estimate of drug-likeness (QED) is 0.755. The number of carbonyl (C=O) groups is 1. The van der Waals surface area contributed by atoms with E-state index in [1.165, 1.54) is 19.3 Å². The first-order valence-electron chi connectivity index (χ1n) is 7.87. The molecule has 6 heteroatoms. The number of hydrogen-bond donors (Lipinski definition) is 0. The smallest absolute Gasteiger partial charge is 0.342 e. The molecule has 0 bridgehead atoms. The summed E-state index contributed by atoms with van der Waals surface area (Å²) in [6.07, 6.45) is 7.74. The van der Waals surface area contributed by atoms with Crippen LogP contribution in [0.15, 0.2) is 6.20 Å². The lowest BCUT2D eigenvalue weighted by molar-refractivity contribution is 0.0216. The molecule has 1 aromatic heterocycles. The largest absolute Gasteiger partial charge is 0.462 e. The molecule has 1 heterocycles. The topological polar surface area (TPSA) is 77.1 Å². The summed E-state index contributed by atoms with van der Waals surface area (Å²) in [6.45, 7) is 2.56. The molecular weight excluding hydrogens is 282 g/mol. The molecule has 0 N–H and O–H groups in total. The van der Waals surface area contributed by atoms with E-state index in [9.17, 15) is 4.79 Å². The van der Waals surface area contributed by atoms with Gasteiger partial charge in [-0.1, -0.05) is 19.3 Å². The van der Waals surface area contributed by atoms with Gasteiger partial charge in [0.15, 0.2) is 5.69 Å². The summed E-state index contributed by atoms with van der Waals surface area (Å²) in [5, 5.41) is 13.3. The molecule has 6 nitrogen and oxygen atoms in total. The third-order valence-corrected chi connectivity index (χ3v) is 4.21. The summed E-state index contributed by atoms with van der Waals surface area (Å²) < 4.78 is 12.2. The van der Waals surface area contributed by atoms with E-state index in [1.54, 1.807) is 24.9 Å². The molecule has 1 fully saturated rings. The molecule has 0 amide bonds. The minimum atomic E-state index is -0.503. The van der Waals surface area contributed by atoms with Crippen molar-refractivity contribution < 1.29 is 14.3 Å². The van der Waals surface area contributed by atoms with E-state index in [0.29, 0.717) is 12.5 Å². The number of ether oxygens (including phenoxy) is 2. The van der Waals surface area contributed by atoms with Crippen LogP contribution in [-0.4, -0.2) is 35.6 Å². The summed E-state index contributed by atoms with van der Waals surface area (Å²) in [7, 11) is 1.71. The molecule has 0 radical (unpaired) electrons. The number of aromatic nitrogens is 2. The van der Waals surface area contributed by atoms with Gasteiger partial charge in [0.1, 0.15) is 11.6 Å². The fourth-order valence-electron chi connectivity index (χ4n) is 3.06. The highest BCUT2D eigenvalue weighted by Gasteiger charge is 2.25. The van der Waals surface area contributed by atoms with Crippen LogP contribution in [0.25, 0.3) is 0 Å². The predicted octanol–water partition coefficient (Wildman–Crippen LogP) is 2.53. The second kappa shape index (κ2) is 7.95. The maximum Gasteiger partial charge on any atom is 0.342 e. The number of nitrogens with zero attached hydrogens (tertiary/aromatic N) is 3. The maximum absolute atomic E-state index is 11.8. The lowest BCUT2D eigenvalue weighted by Gasteiger charge is -2.29. The zero-order valence-corrected chi connectivity index (χ0v) is 13.2. The third kappa shape index (κ3) is 3.86. The zero-order valence-electron chi connectivity index (χ0n) is 13.2. The number of hydrogen-bond acceptors (Lipinski definition) is 5. The first-order valence-corrected chi connectivity index (χ1v) is 7.87. The Labute approximate surface area is 131 Å². The maximum atomic E-state index is 11.8. The lowest BCUT2D eigenvalue weighted by atomic mass is 9.85. The normalized spacial score (nSPS) is 17.0. The number of esters is 1. The van der Waals surface area contributed by atoms with E-state index in [4.69, 9.17) is 14.7 Å². The summed E-state index contributed by atoms with van der Waals surface area (Å²) >= 11 is 0. The SMILES string of the molecule is CCOC(=O)c1cn(CC(OC)C2CCCCC2)nc1C#N. The lowest BCUT2D eigenvalue weighted by Crippen LogP contribution is -2.29. The monoisotopic (exact) mass is 305 g/mol. The van der Waals surface area contributed by atoms with Crippen molar-refractivity contribution in [3.63, 3.8) is 0 Å². The second-order valence-corrected chi connectivity index (χ2v) is 5.62. The molecule has 0 saturated heterocycles. The molecule has 1 atom stereocenters. The van der Waals surface area contributed by atoms with Gasteiger partial charge in [0.05, 0.1) is 19.3 Å². The summed E-state index contributed by atoms with van der Waals surface area (Å²) in [4.78, 5) is 11.8. The van der Waals surface area contributed by atoms with Crippen molar-refractivity contribution >= 4 is 5.97 Å². The summed E-state index contributed by atoms with van der Waals surface area (Å²) in [6, 6.07) is 1.95.